The molecule has 76 heavy (non-hydrogen) atoms. The van der Waals surface area contributed by atoms with E-state index < -0.39 is 113 Å². The van der Waals surface area contributed by atoms with Crippen LogP contribution in [-0.2, 0) is 48.6 Å². The Hall–Kier alpha value is -6.15. The molecule has 418 valence electrons. The Bertz CT molecular complexity index is 2550. The van der Waals surface area contributed by atoms with Crippen LogP contribution in [0.2, 0.25) is 0 Å². The Labute approximate surface area is 448 Å². The van der Waals surface area contributed by atoms with Crippen molar-refractivity contribution in [1.29, 1.82) is 0 Å². The SMILES string of the molecule is COC(c1ccccc1)[C@@H]1NC(=O)C(C)NC(=O)C(C[C@@H](C)CCO)N(C)C(=O)C([C@H](O)c2cn(C(C)(C)C3CO3)c3ccccc23)NC(=O)C(C(C)C=C(C)C)NC(=O)[C@H](CC(C)C)N(C)C(=O)[C@H](C(C)C)NC1=O. The van der Waals surface area contributed by atoms with Gasteiger partial charge in [-0.2, -0.15) is 0 Å². The minimum absolute atomic E-state index is 0.0227. The first kappa shape index (κ1) is 60.7. The first-order chi connectivity index (χ1) is 35.7. The van der Waals surface area contributed by atoms with Gasteiger partial charge in [-0.05, 0) is 83.3 Å². The highest BCUT2D eigenvalue weighted by molar-refractivity contribution is 5.99. The van der Waals surface area contributed by atoms with Gasteiger partial charge in [-0.1, -0.05) is 102 Å². The van der Waals surface area contributed by atoms with E-state index in [2.05, 4.69) is 26.6 Å². The third-order valence-corrected chi connectivity index (χ3v) is 14.8. The predicted octanol–water partition coefficient (Wildman–Crippen LogP) is 4.02. The van der Waals surface area contributed by atoms with Gasteiger partial charge in [0, 0.05) is 56.4 Å². The molecule has 0 bridgehead atoms. The first-order valence-corrected chi connectivity index (χ1v) is 26.5. The number of nitrogens with zero attached hydrogens (tertiary/aromatic N) is 3. The number of carbonyl (C=O) groups excluding carboxylic acids is 7. The monoisotopic (exact) mass is 1060 g/mol. The molecule has 2 saturated heterocycles. The van der Waals surface area contributed by atoms with Crippen molar-refractivity contribution in [3.8, 4) is 0 Å². The van der Waals surface area contributed by atoms with Gasteiger partial charge in [-0.3, -0.25) is 33.6 Å². The van der Waals surface area contributed by atoms with Crippen LogP contribution < -0.4 is 26.6 Å². The number of epoxide rings is 1. The van der Waals surface area contributed by atoms with E-state index in [-0.39, 0.29) is 43.8 Å². The van der Waals surface area contributed by atoms with E-state index in [0.29, 0.717) is 23.1 Å². The lowest BCUT2D eigenvalue weighted by atomic mass is 9.94. The zero-order chi connectivity index (χ0) is 56.5. The maximum Gasteiger partial charge on any atom is 0.248 e. The van der Waals surface area contributed by atoms with Crippen molar-refractivity contribution in [1.82, 2.24) is 41.0 Å². The van der Waals surface area contributed by atoms with Gasteiger partial charge in [-0.25, -0.2) is 0 Å². The predicted molar refractivity (Wildman–Crippen MR) is 289 cm³/mol. The second kappa shape index (κ2) is 26.3. The summed E-state index contributed by atoms with van der Waals surface area (Å²) in [6, 6.07) is 6.27. The smallest absolute Gasteiger partial charge is 0.248 e. The number of fused-ring (bicyclic) bond motifs is 1. The van der Waals surface area contributed by atoms with Gasteiger partial charge in [0.1, 0.15) is 60.6 Å². The summed E-state index contributed by atoms with van der Waals surface area (Å²) >= 11 is 0. The lowest BCUT2D eigenvalue weighted by Crippen LogP contribution is -2.62. The quantitative estimate of drug-likeness (QED) is 0.0797. The van der Waals surface area contributed by atoms with Crippen LogP contribution in [-0.4, -0.2) is 149 Å². The van der Waals surface area contributed by atoms with Gasteiger partial charge in [0.05, 0.1) is 12.1 Å². The largest absolute Gasteiger partial charge is 0.396 e. The van der Waals surface area contributed by atoms with Crippen LogP contribution in [0.4, 0.5) is 0 Å². The Morgan fingerprint density at radius 2 is 1.26 bits per heavy atom. The number of hydrogen-bond acceptors (Lipinski definition) is 11. The number of likely N-dealkylation sites (N-methyl/N-ethyl adjacent to an activating group) is 2. The normalized spacial score (nSPS) is 25.7. The number of ether oxygens (including phenoxy) is 2. The highest BCUT2D eigenvalue weighted by atomic mass is 16.6. The molecule has 3 heterocycles. The number of aromatic nitrogens is 1. The Morgan fingerprint density at radius 3 is 1.83 bits per heavy atom. The molecule has 19 heteroatoms. The molecule has 5 rings (SSSR count). The molecule has 2 fully saturated rings. The zero-order valence-electron chi connectivity index (χ0n) is 46.9. The fourth-order valence-electron chi connectivity index (χ4n) is 10.1. The van der Waals surface area contributed by atoms with Crippen molar-refractivity contribution in [2.45, 2.75) is 162 Å². The van der Waals surface area contributed by atoms with Gasteiger partial charge in [-0.15, -0.1) is 0 Å². The molecule has 12 atom stereocenters. The molecular formula is C57H84N8O11. The molecule has 3 aromatic rings. The van der Waals surface area contributed by atoms with Crippen molar-refractivity contribution in [3.63, 3.8) is 0 Å². The first-order valence-electron chi connectivity index (χ1n) is 26.5. The lowest BCUT2D eigenvalue weighted by molar-refractivity contribution is -0.146. The molecule has 1 aromatic heterocycles. The molecule has 19 nitrogen and oxygen atoms in total. The van der Waals surface area contributed by atoms with E-state index in [1.807, 2.05) is 58.2 Å². The minimum atomic E-state index is -1.79. The standard InChI is InChI=1S/C57H84N8O11/c1-31(2)26-35(8)45-53(71)61-46(48(67)39-29-65(57(10,11)43-30-76-43)40-23-19-18-22-38(39)40)56(74)64(13)42(28-34(7)24-25-66)51(69)58-36(9)50(68)62-47(49(75-14)37-20-16-15-17-21-37)54(72)59-44(33(5)6)55(73)63(12)41(27-32(3)4)52(70)60-45/h15-23,26,29,32-36,41-49,66-67H,24-25,27-28,30H2,1-14H3,(H,58,69)(H,59,72)(H,60,70)(H,61,71)(H,62,68)/t34-,35?,36?,41-,42?,43?,44-,45?,46?,47-,48+,49?/m0/s1. The van der Waals surface area contributed by atoms with E-state index in [9.17, 15) is 34.2 Å². The molecular weight excluding hydrogens is 973 g/mol. The molecule has 2 aliphatic heterocycles. The maximum atomic E-state index is 15.5. The number of methoxy groups -OCH3 is 1. The Morgan fingerprint density at radius 1 is 0.737 bits per heavy atom. The average molecular weight is 1060 g/mol. The number of nitrogens with one attached hydrogen (secondary N) is 5. The molecule has 0 saturated carbocycles. The number of aliphatic hydroxyl groups excluding tert-OH is 2. The summed E-state index contributed by atoms with van der Waals surface area (Å²) in [6.45, 7) is 20.1. The number of benzene rings is 2. The van der Waals surface area contributed by atoms with E-state index in [0.717, 1.165) is 16.0 Å². The fourth-order valence-corrected chi connectivity index (χ4v) is 10.1. The molecule has 7 N–H and O–H groups in total. The van der Waals surface area contributed by atoms with Crippen LogP contribution in [0, 0.1) is 23.7 Å². The molecule has 7 amide bonds. The summed E-state index contributed by atoms with van der Waals surface area (Å²) < 4.78 is 13.6. The second-order valence-electron chi connectivity index (χ2n) is 22.4. The van der Waals surface area contributed by atoms with E-state index in [1.54, 1.807) is 82.4 Å². The van der Waals surface area contributed by atoms with Crippen LogP contribution in [0.25, 0.3) is 10.9 Å². The number of allylic oxidation sites excluding steroid dienone is 1. The molecule has 0 spiro atoms. The topological polar surface area (TPSA) is 253 Å². The van der Waals surface area contributed by atoms with E-state index in [1.165, 1.54) is 33.0 Å². The van der Waals surface area contributed by atoms with Crippen molar-refractivity contribution in [2.75, 3.05) is 34.4 Å². The van der Waals surface area contributed by atoms with Crippen LogP contribution in [0.3, 0.4) is 0 Å². The summed E-state index contributed by atoms with van der Waals surface area (Å²) in [7, 11) is 4.19. The van der Waals surface area contributed by atoms with E-state index >= 15 is 9.59 Å². The summed E-state index contributed by atoms with van der Waals surface area (Å²) in [4.78, 5) is 107. The van der Waals surface area contributed by atoms with Crippen molar-refractivity contribution < 1.29 is 53.2 Å². The number of hydrogen-bond donors (Lipinski definition) is 7. The van der Waals surface area contributed by atoms with Gasteiger partial charge >= 0.3 is 0 Å². The number of amides is 7. The van der Waals surface area contributed by atoms with Crippen LogP contribution in [0.5, 0.6) is 0 Å². The van der Waals surface area contributed by atoms with Gasteiger partial charge in [0.25, 0.3) is 0 Å². The molecule has 7 unspecified atom stereocenters. The summed E-state index contributed by atoms with van der Waals surface area (Å²) in [5.74, 6) is -7.19. The number of rotatable bonds is 16. The number of para-hydroxylation sites is 1. The van der Waals surface area contributed by atoms with Crippen molar-refractivity contribution in [3.05, 3.63) is 83.6 Å². The molecule has 2 aliphatic rings. The summed E-state index contributed by atoms with van der Waals surface area (Å²) in [5.41, 5.74) is 1.75. The second-order valence-corrected chi connectivity index (χ2v) is 22.4. The number of aliphatic hydroxyl groups is 2. The van der Waals surface area contributed by atoms with Crippen molar-refractivity contribution >= 4 is 52.3 Å². The zero-order valence-corrected chi connectivity index (χ0v) is 46.9. The maximum absolute atomic E-state index is 15.5. The molecule has 0 aliphatic carbocycles. The molecule has 2 aromatic carbocycles. The summed E-state index contributed by atoms with van der Waals surface area (Å²) in [5, 5.41) is 37.5. The average Bonchev–Trinajstić information content (AvgIpc) is 4.16. The Kier molecular flexibility index (Phi) is 21.0. The van der Waals surface area contributed by atoms with Crippen LogP contribution in [0.15, 0.2) is 72.4 Å². The molecule has 0 radical (unpaired) electrons. The van der Waals surface area contributed by atoms with Gasteiger partial charge < -0.3 is 60.6 Å². The van der Waals surface area contributed by atoms with Crippen molar-refractivity contribution in [2.24, 2.45) is 23.7 Å². The number of carbonyl (C=O) groups is 7. The van der Waals surface area contributed by atoms with Gasteiger partial charge in [0.15, 0.2) is 0 Å². The minimum Gasteiger partial charge on any atom is -0.396 e. The lowest BCUT2D eigenvalue weighted by Gasteiger charge is -2.36. The third kappa shape index (κ3) is 14.5. The van der Waals surface area contributed by atoms with E-state index in [4.69, 9.17) is 9.47 Å². The highest BCUT2D eigenvalue weighted by Crippen LogP contribution is 2.38. The summed E-state index contributed by atoms with van der Waals surface area (Å²) in [6.07, 6.45) is 0.896. The van der Waals surface area contributed by atoms with Gasteiger partial charge in [0.2, 0.25) is 41.4 Å². The fraction of sp³-hybridized carbons (Fsp3) is 0.596. The van der Waals surface area contributed by atoms with Crippen LogP contribution in [0.1, 0.15) is 119 Å². The third-order valence-electron chi connectivity index (χ3n) is 14.8. The van der Waals surface area contributed by atoms with Crippen LogP contribution >= 0.6 is 0 Å². The highest BCUT2D eigenvalue weighted by Gasteiger charge is 2.45. The Balaban J connectivity index is 1.74.